The Hall–Kier alpha value is -1.61. The van der Waals surface area contributed by atoms with Crippen LogP contribution in [0.25, 0.3) is 6.08 Å². The van der Waals surface area contributed by atoms with Crippen LogP contribution in [0, 0.1) is 5.92 Å². The van der Waals surface area contributed by atoms with E-state index in [1.165, 1.54) is 11.1 Å². The maximum Gasteiger partial charge on any atom is 0.227 e. The molecule has 2 fully saturated rings. The van der Waals surface area contributed by atoms with E-state index in [-0.39, 0.29) is 5.92 Å². The number of hydrogen-bond acceptors (Lipinski definition) is 2. The van der Waals surface area contributed by atoms with Crippen molar-refractivity contribution in [3.05, 3.63) is 41.5 Å². The fourth-order valence-corrected chi connectivity index (χ4v) is 3.71. The second kappa shape index (κ2) is 6.02. The zero-order valence-electron chi connectivity index (χ0n) is 13.0. The number of benzene rings is 1. The molecule has 0 saturated carbocycles. The van der Waals surface area contributed by atoms with E-state index in [0.717, 1.165) is 32.5 Å². The van der Waals surface area contributed by atoms with E-state index in [1.54, 1.807) is 0 Å². The topological polar surface area (TPSA) is 23.6 Å². The number of likely N-dealkylation sites (tertiary alicyclic amines) is 2. The van der Waals surface area contributed by atoms with Crippen LogP contribution < -0.4 is 0 Å². The third-order valence-corrected chi connectivity index (χ3v) is 4.71. The Balaban J connectivity index is 1.70. The van der Waals surface area contributed by atoms with Gasteiger partial charge in [-0.1, -0.05) is 42.0 Å². The zero-order chi connectivity index (χ0) is 14.8. The van der Waals surface area contributed by atoms with Gasteiger partial charge < -0.3 is 4.90 Å². The first kappa shape index (κ1) is 14.3. The van der Waals surface area contributed by atoms with Crippen molar-refractivity contribution in [2.24, 2.45) is 5.92 Å². The molecule has 0 aliphatic carbocycles. The average Bonchev–Trinajstić information content (AvgIpc) is 2.77. The summed E-state index contributed by atoms with van der Waals surface area (Å²) in [6.45, 7) is 5.17. The van der Waals surface area contributed by atoms with Crippen LogP contribution in [-0.2, 0) is 4.79 Å². The summed E-state index contributed by atoms with van der Waals surface area (Å²) in [5, 5.41) is 0. The Morgan fingerprint density at radius 3 is 2.86 bits per heavy atom. The molecule has 0 aromatic heterocycles. The summed E-state index contributed by atoms with van der Waals surface area (Å²) in [5.74, 6) is 0.572. The summed E-state index contributed by atoms with van der Waals surface area (Å²) in [7, 11) is 1.94. The number of nitrogens with zero attached hydrogens (tertiary/aromatic N) is 2. The first-order valence-corrected chi connectivity index (χ1v) is 7.86. The second-order valence-electron chi connectivity index (χ2n) is 6.41. The minimum Gasteiger partial charge on any atom is -0.344 e. The highest BCUT2D eigenvalue weighted by atomic mass is 16.2. The van der Waals surface area contributed by atoms with Crippen LogP contribution in [-0.4, -0.2) is 48.4 Å². The summed E-state index contributed by atoms with van der Waals surface area (Å²) < 4.78 is 0. The fourth-order valence-electron chi connectivity index (χ4n) is 3.71. The number of likely N-dealkylation sites (N-methyl/N-ethyl adjacent to an activating group) is 1. The highest BCUT2D eigenvalue weighted by molar-refractivity contribution is 5.82. The lowest BCUT2D eigenvalue weighted by Crippen LogP contribution is -2.46. The normalized spacial score (nSPS) is 27.0. The van der Waals surface area contributed by atoms with Crippen LogP contribution in [0.3, 0.4) is 0 Å². The van der Waals surface area contributed by atoms with Gasteiger partial charge in [0.1, 0.15) is 0 Å². The van der Waals surface area contributed by atoms with Gasteiger partial charge in [-0.25, -0.2) is 0 Å². The molecule has 2 heterocycles. The molecule has 1 amide bonds. The lowest BCUT2D eigenvalue weighted by Gasteiger charge is -2.36. The first-order valence-electron chi connectivity index (χ1n) is 7.86. The van der Waals surface area contributed by atoms with E-state index in [0.29, 0.717) is 11.9 Å². The van der Waals surface area contributed by atoms with Gasteiger partial charge in [-0.15, -0.1) is 0 Å². The molecule has 2 atom stereocenters. The van der Waals surface area contributed by atoms with E-state index >= 15 is 0 Å². The third-order valence-electron chi connectivity index (χ3n) is 4.71. The molecule has 0 unspecified atom stereocenters. The van der Waals surface area contributed by atoms with E-state index < -0.39 is 0 Å². The number of carbonyl (C=O) groups is 1. The SMILES string of the molecule is CC(=Cc1ccccc1)CN1CCC[C@H]2C(=O)N(C)C[C@H]21. The molecule has 112 valence electrons. The predicted octanol–water partition coefficient (Wildman–Crippen LogP) is 2.64. The number of fused-ring (bicyclic) bond motifs is 1. The summed E-state index contributed by atoms with van der Waals surface area (Å²) >= 11 is 0. The highest BCUT2D eigenvalue weighted by Crippen LogP contribution is 2.31. The third kappa shape index (κ3) is 3.03. The van der Waals surface area contributed by atoms with Gasteiger partial charge in [-0.05, 0) is 31.9 Å². The van der Waals surface area contributed by atoms with Gasteiger partial charge in [0.2, 0.25) is 5.91 Å². The summed E-state index contributed by atoms with van der Waals surface area (Å²) in [6, 6.07) is 10.9. The molecule has 2 aliphatic rings. The lowest BCUT2D eigenvalue weighted by molar-refractivity contribution is -0.130. The van der Waals surface area contributed by atoms with Crippen molar-refractivity contribution in [3.8, 4) is 0 Å². The van der Waals surface area contributed by atoms with Crippen LogP contribution in [0.2, 0.25) is 0 Å². The zero-order valence-corrected chi connectivity index (χ0v) is 13.0. The van der Waals surface area contributed by atoms with Crippen LogP contribution >= 0.6 is 0 Å². The van der Waals surface area contributed by atoms with Crippen molar-refractivity contribution in [1.29, 1.82) is 0 Å². The highest BCUT2D eigenvalue weighted by Gasteiger charge is 2.43. The molecule has 0 radical (unpaired) electrons. The van der Waals surface area contributed by atoms with E-state index in [2.05, 4.69) is 42.2 Å². The van der Waals surface area contributed by atoms with Gasteiger partial charge in [0.05, 0.1) is 5.92 Å². The molecule has 1 aromatic carbocycles. The van der Waals surface area contributed by atoms with Crippen LogP contribution in [0.15, 0.2) is 35.9 Å². The van der Waals surface area contributed by atoms with Gasteiger partial charge in [-0.3, -0.25) is 9.69 Å². The van der Waals surface area contributed by atoms with E-state index in [1.807, 2.05) is 18.0 Å². The molecule has 3 heteroatoms. The predicted molar refractivity (Wildman–Crippen MR) is 85.8 cm³/mol. The number of hydrogen-bond donors (Lipinski definition) is 0. The maximum atomic E-state index is 12.1. The number of piperidine rings is 1. The molecular formula is C18H24N2O. The van der Waals surface area contributed by atoms with Gasteiger partial charge in [0.25, 0.3) is 0 Å². The van der Waals surface area contributed by atoms with Crippen molar-refractivity contribution >= 4 is 12.0 Å². The van der Waals surface area contributed by atoms with Gasteiger partial charge in [-0.2, -0.15) is 0 Å². The van der Waals surface area contributed by atoms with Crippen LogP contribution in [0.1, 0.15) is 25.3 Å². The Morgan fingerprint density at radius 2 is 2.10 bits per heavy atom. The minimum absolute atomic E-state index is 0.230. The molecule has 0 bridgehead atoms. The standard InChI is InChI=1S/C18H24N2O/c1-14(11-15-7-4-3-5-8-15)12-20-10-6-9-16-17(20)13-19(2)18(16)21/h3-5,7-8,11,16-17H,6,9-10,12-13H2,1-2H3/t16-,17-/m1/s1. The van der Waals surface area contributed by atoms with Crippen LogP contribution in [0.5, 0.6) is 0 Å². The first-order chi connectivity index (χ1) is 10.1. The fraction of sp³-hybridized carbons (Fsp3) is 0.500. The van der Waals surface area contributed by atoms with Gasteiger partial charge in [0, 0.05) is 26.2 Å². The lowest BCUT2D eigenvalue weighted by atomic mass is 9.91. The molecule has 21 heavy (non-hydrogen) atoms. The minimum atomic E-state index is 0.230. The van der Waals surface area contributed by atoms with Gasteiger partial charge >= 0.3 is 0 Å². The van der Waals surface area contributed by atoms with Crippen molar-refractivity contribution in [2.45, 2.75) is 25.8 Å². The van der Waals surface area contributed by atoms with Crippen molar-refractivity contribution in [3.63, 3.8) is 0 Å². The van der Waals surface area contributed by atoms with Crippen molar-refractivity contribution in [2.75, 3.05) is 26.7 Å². The van der Waals surface area contributed by atoms with E-state index in [4.69, 9.17) is 0 Å². The van der Waals surface area contributed by atoms with E-state index in [9.17, 15) is 4.79 Å². The Labute approximate surface area is 127 Å². The Bertz CT molecular complexity index is 537. The second-order valence-corrected chi connectivity index (χ2v) is 6.41. The number of amides is 1. The number of rotatable bonds is 3. The molecule has 2 saturated heterocycles. The molecule has 1 aromatic rings. The molecule has 0 N–H and O–H groups in total. The summed E-state index contributed by atoms with van der Waals surface area (Å²) in [4.78, 5) is 16.6. The molecule has 2 aliphatic heterocycles. The van der Waals surface area contributed by atoms with Crippen LogP contribution in [0.4, 0.5) is 0 Å². The largest absolute Gasteiger partial charge is 0.344 e. The smallest absolute Gasteiger partial charge is 0.227 e. The summed E-state index contributed by atoms with van der Waals surface area (Å²) in [5.41, 5.74) is 2.62. The molecule has 3 nitrogen and oxygen atoms in total. The maximum absolute atomic E-state index is 12.1. The number of carbonyl (C=O) groups excluding carboxylic acids is 1. The van der Waals surface area contributed by atoms with Crippen molar-refractivity contribution in [1.82, 2.24) is 9.80 Å². The molecule has 3 rings (SSSR count). The Morgan fingerprint density at radius 1 is 1.33 bits per heavy atom. The average molecular weight is 284 g/mol. The molecular weight excluding hydrogens is 260 g/mol. The quantitative estimate of drug-likeness (QED) is 0.852. The summed E-state index contributed by atoms with van der Waals surface area (Å²) in [6.07, 6.45) is 4.45. The van der Waals surface area contributed by atoms with Crippen molar-refractivity contribution < 1.29 is 4.79 Å². The van der Waals surface area contributed by atoms with Gasteiger partial charge in [0.15, 0.2) is 0 Å². The Kier molecular flexibility index (Phi) is 4.11. The molecule has 0 spiro atoms. The monoisotopic (exact) mass is 284 g/mol.